The molecule has 0 radical (unpaired) electrons. The second-order valence-electron chi connectivity index (χ2n) is 7.70. The summed E-state index contributed by atoms with van der Waals surface area (Å²) < 4.78 is 3.27. The molecule has 3 N–H and O–H groups in total. The average Bonchev–Trinajstić information content (AvgIpc) is 2.78. The van der Waals surface area contributed by atoms with Crippen molar-refractivity contribution >= 4 is 28.4 Å². The van der Waals surface area contributed by atoms with Crippen LogP contribution in [-0.4, -0.2) is 15.3 Å². The van der Waals surface area contributed by atoms with Crippen LogP contribution < -0.4 is 21.2 Å². The Hall–Kier alpha value is -3.74. The summed E-state index contributed by atoms with van der Waals surface area (Å²) in [7, 11) is 0. The molecule has 4 aromatic rings. The Bertz CT molecular complexity index is 1330. The van der Waals surface area contributed by atoms with E-state index >= 15 is 0 Å². The van der Waals surface area contributed by atoms with Gasteiger partial charge in [0, 0.05) is 12.7 Å². The van der Waals surface area contributed by atoms with Crippen LogP contribution in [-0.2, 0) is 13.1 Å². The van der Waals surface area contributed by atoms with E-state index in [0.29, 0.717) is 35.6 Å². The van der Waals surface area contributed by atoms with E-state index in [2.05, 4.69) is 17.2 Å². The predicted molar refractivity (Wildman–Crippen MR) is 121 cm³/mol. The molecule has 1 aromatic carbocycles. The standard InChI is InChI=1S/C24H25N5O2/c1-3-4-12-29-21(25)18(23(30)26-15-17-10-8-16(2)9-11-17)14-19-22(29)27-20-7-5-6-13-28(20)24(19)31/h5-11,13-14,25H,3-4,12,15H2,1-2H3,(H,26,30)/p+1. The van der Waals surface area contributed by atoms with Crippen LogP contribution in [0.4, 0.5) is 5.82 Å². The molecule has 0 fully saturated rings. The maximum Gasteiger partial charge on any atom is 0.278 e. The molecule has 3 aromatic heterocycles. The number of nitrogens with zero attached hydrogens (tertiary/aromatic N) is 3. The van der Waals surface area contributed by atoms with Crippen LogP contribution in [0.3, 0.4) is 0 Å². The van der Waals surface area contributed by atoms with Crippen molar-refractivity contribution in [2.45, 2.75) is 39.8 Å². The first-order valence-electron chi connectivity index (χ1n) is 10.5. The summed E-state index contributed by atoms with van der Waals surface area (Å²) in [5.74, 6) is -0.00248. The molecular formula is C24H26N5O2+. The van der Waals surface area contributed by atoms with Crippen molar-refractivity contribution in [2.75, 3.05) is 5.73 Å². The minimum absolute atomic E-state index is 0.224. The maximum atomic E-state index is 13.1. The topological polar surface area (TPSA) is 93.4 Å². The number of carbonyl (C=O) groups is 1. The van der Waals surface area contributed by atoms with E-state index < -0.39 is 0 Å². The number of anilines is 1. The number of hydrogen-bond acceptors (Lipinski definition) is 4. The van der Waals surface area contributed by atoms with E-state index in [0.717, 1.165) is 24.0 Å². The maximum absolute atomic E-state index is 13.1. The molecule has 0 spiro atoms. The Labute approximate surface area is 180 Å². The molecule has 0 saturated heterocycles. The zero-order chi connectivity index (χ0) is 22.0. The summed E-state index contributed by atoms with van der Waals surface area (Å²) in [5, 5.41) is 3.29. The Morgan fingerprint density at radius 1 is 1.19 bits per heavy atom. The molecule has 1 amide bonds. The number of aryl methyl sites for hydroxylation is 2. The molecule has 0 bridgehead atoms. The van der Waals surface area contributed by atoms with Crippen molar-refractivity contribution in [1.82, 2.24) is 14.7 Å². The summed E-state index contributed by atoms with van der Waals surface area (Å²) in [6.07, 6.45) is 3.48. The molecule has 0 aliphatic carbocycles. The molecule has 0 saturated carbocycles. The number of benzene rings is 1. The van der Waals surface area contributed by atoms with Gasteiger partial charge in [-0.1, -0.05) is 54.2 Å². The lowest BCUT2D eigenvalue weighted by Gasteiger charge is -2.12. The quantitative estimate of drug-likeness (QED) is 0.373. The van der Waals surface area contributed by atoms with Crippen LogP contribution >= 0.6 is 0 Å². The van der Waals surface area contributed by atoms with E-state index in [9.17, 15) is 9.59 Å². The lowest BCUT2D eigenvalue weighted by Crippen LogP contribution is -2.42. The molecule has 3 heterocycles. The highest BCUT2D eigenvalue weighted by Gasteiger charge is 2.24. The molecule has 0 atom stereocenters. The highest BCUT2D eigenvalue weighted by molar-refractivity contribution is 6.00. The van der Waals surface area contributed by atoms with Crippen molar-refractivity contribution in [3.05, 3.63) is 81.8 Å². The van der Waals surface area contributed by atoms with Crippen LogP contribution in [0.15, 0.2) is 59.5 Å². The van der Waals surface area contributed by atoms with Crippen LogP contribution in [0.5, 0.6) is 0 Å². The Morgan fingerprint density at radius 3 is 2.71 bits per heavy atom. The largest absolute Gasteiger partial charge is 0.348 e. The van der Waals surface area contributed by atoms with Crippen LogP contribution in [0.25, 0.3) is 16.7 Å². The van der Waals surface area contributed by atoms with Gasteiger partial charge in [0.15, 0.2) is 0 Å². The van der Waals surface area contributed by atoms with Gasteiger partial charge < -0.3 is 11.1 Å². The number of pyridine rings is 2. The van der Waals surface area contributed by atoms with E-state index in [-0.39, 0.29) is 17.0 Å². The zero-order valence-electron chi connectivity index (χ0n) is 17.8. The van der Waals surface area contributed by atoms with Crippen molar-refractivity contribution in [2.24, 2.45) is 0 Å². The zero-order valence-corrected chi connectivity index (χ0v) is 17.8. The number of nitrogen functional groups attached to an aromatic ring is 1. The molecule has 4 rings (SSSR count). The second kappa shape index (κ2) is 8.55. The summed E-state index contributed by atoms with van der Waals surface area (Å²) in [5.41, 5.74) is 9.68. The molecule has 0 aliphatic rings. The SMILES string of the molecule is CCCC[n+]1c(N)c(C(=O)NCc2ccc(C)cc2)cc2c(=O)n3ccccc3nc21. The van der Waals surface area contributed by atoms with Crippen molar-refractivity contribution in [3.8, 4) is 0 Å². The molecule has 158 valence electrons. The Kier molecular flexibility index (Phi) is 5.66. The van der Waals surface area contributed by atoms with E-state index in [1.165, 1.54) is 4.40 Å². The molecule has 0 aliphatic heterocycles. The number of amides is 1. The van der Waals surface area contributed by atoms with Gasteiger partial charge in [-0.3, -0.25) is 14.0 Å². The normalized spacial score (nSPS) is 11.2. The number of unbranched alkanes of at least 4 members (excludes halogenated alkanes) is 1. The van der Waals surface area contributed by atoms with Crippen molar-refractivity contribution in [1.29, 1.82) is 0 Å². The lowest BCUT2D eigenvalue weighted by atomic mass is 10.1. The number of carbonyl (C=O) groups excluding carboxylic acids is 1. The van der Waals surface area contributed by atoms with Gasteiger partial charge in [-0.2, -0.15) is 0 Å². The number of aromatic nitrogens is 3. The van der Waals surface area contributed by atoms with Crippen LogP contribution in [0.2, 0.25) is 0 Å². The fourth-order valence-corrected chi connectivity index (χ4v) is 3.61. The third-order valence-electron chi connectivity index (χ3n) is 5.41. The molecule has 0 unspecified atom stereocenters. The average molecular weight is 417 g/mol. The van der Waals surface area contributed by atoms with E-state index in [4.69, 9.17) is 5.73 Å². The first-order valence-corrected chi connectivity index (χ1v) is 10.5. The summed E-state index contributed by atoms with van der Waals surface area (Å²) >= 11 is 0. The third kappa shape index (κ3) is 3.99. The minimum atomic E-state index is -0.317. The first-order chi connectivity index (χ1) is 15.0. The van der Waals surface area contributed by atoms with E-state index in [1.54, 1.807) is 29.0 Å². The Morgan fingerprint density at radius 2 is 1.97 bits per heavy atom. The highest BCUT2D eigenvalue weighted by atomic mass is 16.1. The molecule has 31 heavy (non-hydrogen) atoms. The number of nitrogens with one attached hydrogen (secondary N) is 1. The van der Waals surface area contributed by atoms with Crippen molar-refractivity contribution in [3.63, 3.8) is 0 Å². The van der Waals surface area contributed by atoms with Gasteiger partial charge in [-0.05, 0) is 37.1 Å². The molecule has 7 nitrogen and oxygen atoms in total. The van der Waals surface area contributed by atoms with Gasteiger partial charge in [-0.25, -0.2) is 4.57 Å². The number of hydrogen-bond donors (Lipinski definition) is 2. The number of nitrogens with two attached hydrogens (primary N) is 1. The fourth-order valence-electron chi connectivity index (χ4n) is 3.61. The summed E-state index contributed by atoms with van der Waals surface area (Å²) in [4.78, 5) is 30.8. The predicted octanol–water partition coefficient (Wildman–Crippen LogP) is 2.76. The number of fused-ring (bicyclic) bond motifs is 2. The minimum Gasteiger partial charge on any atom is -0.348 e. The first kappa shape index (κ1) is 20.5. The van der Waals surface area contributed by atoms with Gasteiger partial charge in [0.25, 0.3) is 17.1 Å². The smallest absolute Gasteiger partial charge is 0.278 e. The van der Waals surface area contributed by atoms with Gasteiger partial charge in [0.1, 0.15) is 10.9 Å². The molecule has 7 heteroatoms. The Balaban J connectivity index is 1.80. The second-order valence-corrected chi connectivity index (χ2v) is 7.70. The number of rotatable bonds is 6. The fraction of sp³-hybridized carbons (Fsp3) is 0.250. The summed E-state index contributed by atoms with van der Waals surface area (Å²) in [6.45, 7) is 5.05. The van der Waals surface area contributed by atoms with Gasteiger partial charge in [-0.15, -0.1) is 0 Å². The van der Waals surface area contributed by atoms with Gasteiger partial charge >= 0.3 is 0 Å². The summed E-state index contributed by atoms with van der Waals surface area (Å²) in [6, 6.07) is 14.9. The van der Waals surface area contributed by atoms with Gasteiger partial charge in [0.05, 0.1) is 6.54 Å². The lowest BCUT2D eigenvalue weighted by molar-refractivity contribution is -0.659. The van der Waals surface area contributed by atoms with Crippen LogP contribution in [0.1, 0.15) is 41.3 Å². The highest BCUT2D eigenvalue weighted by Crippen LogP contribution is 2.15. The van der Waals surface area contributed by atoms with Crippen molar-refractivity contribution < 1.29 is 9.36 Å². The van der Waals surface area contributed by atoms with Gasteiger partial charge in [0.2, 0.25) is 11.5 Å². The molecular weight excluding hydrogens is 390 g/mol. The third-order valence-corrected chi connectivity index (χ3v) is 5.41. The van der Waals surface area contributed by atoms with E-state index in [1.807, 2.05) is 37.3 Å². The monoisotopic (exact) mass is 416 g/mol. The van der Waals surface area contributed by atoms with Crippen LogP contribution in [0, 0.1) is 6.92 Å².